The molecule has 3 rings (SSSR count). The van der Waals surface area contributed by atoms with Gasteiger partial charge in [0.1, 0.15) is 5.69 Å². The topological polar surface area (TPSA) is 119 Å². The summed E-state index contributed by atoms with van der Waals surface area (Å²) >= 11 is 0. The van der Waals surface area contributed by atoms with Crippen molar-refractivity contribution in [2.45, 2.75) is 52.8 Å². The second-order valence-corrected chi connectivity index (χ2v) is 10.1. The maximum absolute atomic E-state index is 13.6. The molecule has 0 saturated carbocycles. The first-order chi connectivity index (χ1) is 19.2. The van der Waals surface area contributed by atoms with Crippen molar-refractivity contribution in [2.24, 2.45) is 4.99 Å². The van der Waals surface area contributed by atoms with Gasteiger partial charge in [0, 0.05) is 30.3 Å². The van der Waals surface area contributed by atoms with Crippen molar-refractivity contribution in [3.05, 3.63) is 46.3 Å². The highest BCUT2D eigenvalue weighted by Gasteiger charge is 2.41. The van der Waals surface area contributed by atoms with E-state index in [9.17, 15) is 27.6 Å². The Morgan fingerprint density at radius 2 is 1.68 bits per heavy atom. The number of alkyl halides is 3. The van der Waals surface area contributed by atoms with Crippen LogP contribution in [0.2, 0.25) is 0 Å². The van der Waals surface area contributed by atoms with E-state index in [1.54, 1.807) is 19.9 Å². The van der Waals surface area contributed by atoms with E-state index >= 15 is 0 Å². The van der Waals surface area contributed by atoms with Crippen molar-refractivity contribution in [1.29, 1.82) is 0 Å². The summed E-state index contributed by atoms with van der Waals surface area (Å²) in [6.07, 6.45) is -5.26. The van der Waals surface area contributed by atoms with Gasteiger partial charge in [-0.05, 0) is 37.5 Å². The Labute approximate surface area is 235 Å². The number of halogens is 3. The lowest BCUT2D eigenvalue weighted by atomic mass is 9.84. The second-order valence-electron chi connectivity index (χ2n) is 10.1. The average molecular weight is 579 g/mol. The molecule has 41 heavy (non-hydrogen) atoms. The number of ether oxygens (including phenoxy) is 3. The van der Waals surface area contributed by atoms with Crippen LogP contribution in [0.4, 0.5) is 13.2 Å². The zero-order valence-corrected chi connectivity index (χ0v) is 24.0. The van der Waals surface area contributed by atoms with E-state index in [1.165, 1.54) is 31.2 Å². The van der Waals surface area contributed by atoms with Gasteiger partial charge in [0.15, 0.2) is 34.6 Å². The molecule has 10 nitrogen and oxygen atoms in total. The Hall–Kier alpha value is -4.16. The van der Waals surface area contributed by atoms with Gasteiger partial charge in [-0.15, -0.1) is 0 Å². The fourth-order valence-corrected chi connectivity index (χ4v) is 4.30. The molecule has 0 saturated heterocycles. The number of hydrogen-bond donors (Lipinski definition) is 1. The summed E-state index contributed by atoms with van der Waals surface area (Å²) in [6.45, 7) is 9.23. The first-order valence-electron chi connectivity index (χ1n) is 12.9. The normalized spacial score (nSPS) is 14.1. The largest absolute Gasteiger partial charge is 0.493 e. The van der Waals surface area contributed by atoms with Gasteiger partial charge in [0.2, 0.25) is 0 Å². The number of carbonyl (C=O) groups excluding carboxylic acids is 3. The molecular formula is C28H33F3N4O6. The van der Waals surface area contributed by atoms with Crippen LogP contribution < -0.4 is 19.5 Å². The Morgan fingerprint density at radius 1 is 1.05 bits per heavy atom. The fraction of sp³-hybridized carbons (Fsp3) is 0.464. The SMILES string of the molecule is CCOc1cc2c(nc1C(=O)NC)C(=NC(=O)C(F)(F)F)N(CC(=O)c1cc(OCC)c(OC)c(C(C)(C)C)c1)C2. The zero-order valence-electron chi connectivity index (χ0n) is 24.0. The quantitative estimate of drug-likeness (QED) is 0.442. The van der Waals surface area contributed by atoms with Crippen LogP contribution in [0, 0.1) is 0 Å². The molecule has 2 aromatic rings. The number of amidine groups is 1. The molecule has 2 heterocycles. The predicted molar refractivity (Wildman–Crippen MR) is 144 cm³/mol. The van der Waals surface area contributed by atoms with Crippen LogP contribution in [0.5, 0.6) is 17.2 Å². The monoisotopic (exact) mass is 578 g/mol. The third-order valence-electron chi connectivity index (χ3n) is 6.15. The number of ketones is 1. The summed E-state index contributed by atoms with van der Waals surface area (Å²) in [5.41, 5.74) is 0.489. The summed E-state index contributed by atoms with van der Waals surface area (Å²) in [4.78, 5) is 46.7. The van der Waals surface area contributed by atoms with Crippen molar-refractivity contribution >= 4 is 23.4 Å². The minimum absolute atomic E-state index is 0.103. The Kier molecular flexibility index (Phi) is 9.30. The maximum atomic E-state index is 13.6. The number of nitrogens with one attached hydrogen (secondary N) is 1. The molecule has 0 fully saturated rings. The number of pyridine rings is 1. The first-order valence-corrected chi connectivity index (χ1v) is 12.9. The molecule has 1 aliphatic heterocycles. The number of carbonyl (C=O) groups is 3. The van der Waals surface area contributed by atoms with E-state index in [0.717, 1.165) is 0 Å². The van der Waals surface area contributed by atoms with Gasteiger partial charge >= 0.3 is 12.1 Å². The number of aliphatic imine (C=N–C) groups is 1. The van der Waals surface area contributed by atoms with Crippen molar-refractivity contribution in [2.75, 3.05) is 33.9 Å². The van der Waals surface area contributed by atoms with Gasteiger partial charge in [-0.2, -0.15) is 18.2 Å². The molecule has 1 aliphatic rings. The number of fused-ring (bicyclic) bond motifs is 1. The molecule has 0 radical (unpaired) electrons. The molecule has 0 atom stereocenters. The number of benzene rings is 1. The second kappa shape index (κ2) is 12.1. The fourth-order valence-electron chi connectivity index (χ4n) is 4.30. The smallest absolute Gasteiger partial charge is 0.473 e. The lowest BCUT2D eigenvalue weighted by Crippen LogP contribution is -2.33. The van der Waals surface area contributed by atoms with Crippen LogP contribution in [0.3, 0.4) is 0 Å². The lowest BCUT2D eigenvalue weighted by Gasteiger charge is -2.25. The number of nitrogens with zero attached hydrogens (tertiary/aromatic N) is 3. The number of amides is 2. The summed E-state index contributed by atoms with van der Waals surface area (Å²) < 4.78 is 56.5. The van der Waals surface area contributed by atoms with Crippen LogP contribution in [-0.4, -0.2) is 73.4 Å². The third kappa shape index (κ3) is 6.77. The number of aromatic nitrogens is 1. The summed E-state index contributed by atoms with van der Waals surface area (Å²) in [6, 6.07) is 4.61. The van der Waals surface area contributed by atoms with E-state index in [0.29, 0.717) is 29.2 Å². The van der Waals surface area contributed by atoms with Crippen LogP contribution >= 0.6 is 0 Å². The summed E-state index contributed by atoms with van der Waals surface area (Å²) in [5, 5.41) is 2.40. The molecule has 0 unspecified atom stereocenters. The zero-order chi connectivity index (χ0) is 30.7. The number of rotatable bonds is 9. The van der Waals surface area contributed by atoms with Gasteiger partial charge in [0.25, 0.3) is 5.91 Å². The Balaban J connectivity index is 2.12. The van der Waals surface area contributed by atoms with E-state index in [1.807, 2.05) is 20.8 Å². The van der Waals surface area contributed by atoms with Gasteiger partial charge in [0.05, 0.1) is 26.9 Å². The van der Waals surface area contributed by atoms with Crippen LogP contribution in [0.1, 0.15) is 72.3 Å². The minimum atomic E-state index is -5.26. The maximum Gasteiger partial charge on any atom is 0.473 e. The summed E-state index contributed by atoms with van der Waals surface area (Å²) in [7, 11) is 2.85. The van der Waals surface area contributed by atoms with E-state index < -0.39 is 41.6 Å². The van der Waals surface area contributed by atoms with Crippen LogP contribution in [-0.2, 0) is 16.8 Å². The molecule has 0 bridgehead atoms. The predicted octanol–water partition coefficient (Wildman–Crippen LogP) is 4.08. The molecule has 1 N–H and O–H groups in total. The standard InChI is InChI=1S/C28H33F3N4O6/c1-8-40-19-12-16-13-35(24(34-26(38)28(29,30)31)21(16)33-22(19)25(37)32-6)14-18(36)15-10-17(27(3,4)5)23(39-7)20(11-15)41-9-2/h10-12H,8-9,13-14H2,1-7H3,(H,32,37). The third-order valence-corrected chi connectivity index (χ3v) is 6.15. The summed E-state index contributed by atoms with van der Waals surface area (Å²) in [5.74, 6) is -3.05. The van der Waals surface area contributed by atoms with E-state index in [2.05, 4.69) is 15.3 Å². The molecule has 2 amide bonds. The minimum Gasteiger partial charge on any atom is -0.493 e. The molecular weight excluding hydrogens is 545 g/mol. The highest BCUT2D eigenvalue weighted by molar-refractivity contribution is 6.10. The molecule has 1 aromatic heterocycles. The number of hydrogen-bond acceptors (Lipinski definition) is 7. The Bertz CT molecular complexity index is 1380. The van der Waals surface area contributed by atoms with Crippen molar-refractivity contribution in [3.8, 4) is 17.2 Å². The van der Waals surface area contributed by atoms with E-state index in [-0.39, 0.29) is 35.9 Å². The van der Waals surface area contributed by atoms with Crippen molar-refractivity contribution < 1.29 is 41.8 Å². The van der Waals surface area contributed by atoms with Gasteiger partial charge in [-0.3, -0.25) is 14.4 Å². The van der Waals surface area contributed by atoms with Crippen molar-refractivity contribution in [3.63, 3.8) is 0 Å². The molecule has 0 spiro atoms. The Morgan fingerprint density at radius 3 is 2.22 bits per heavy atom. The number of methoxy groups -OCH3 is 1. The van der Waals surface area contributed by atoms with Gasteiger partial charge in [-0.1, -0.05) is 20.8 Å². The van der Waals surface area contributed by atoms with E-state index in [4.69, 9.17) is 14.2 Å². The van der Waals surface area contributed by atoms with Gasteiger partial charge in [-0.25, -0.2) is 4.98 Å². The number of Topliss-reactive ketones (excluding diaryl/α,β-unsaturated/α-hetero) is 1. The molecule has 222 valence electrons. The highest BCUT2D eigenvalue weighted by atomic mass is 19.4. The van der Waals surface area contributed by atoms with Crippen LogP contribution in [0.15, 0.2) is 23.2 Å². The lowest BCUT2D eigenvalue weighted by molar-refractivity contribution is -0.169. The average Bonchev–Trinajstić information content (AvgIpc) is 3.21. The molecule has 0 aliphatic carbocycles. The van der Waals surface area contributed by atoms with Crippen LogP contribution in [0.25, 0.3) is 0 Å². The van der Waals surface area contributed by atoms with Gasteiger partial charge < -0.3 is 24.4 Å². The highest BCUT2D eigenvalue weighted by Crippen LogP contribution is 2.40. The molecule has 13 heteroatoms. The van der Waals surface area contributed by atoms with Crippen molar-refractivity contribution in [1.82, 2.24) is 15.2 Å². The first kappa shape index (κ1) is 31.4. The molecule has 1 aromatic carbocycles.